The van der Waals surface area contributed by atoms with Crippen LogP contribution in [0, 0.1) is 5.82 Å². The average molecular weight is 398 g/mol. The second kappa shape index (κ2) is 6.81. The molecule has 3 rings (SSSR count). The number of aromatic nitrogens is 1. The van der Waals surface area contributed by atoms with Gasteiger partial charge in [-0.05, 0) is 28.1 Å². The van der Waals surface area contributed by atoms with Crippen LogP contribution in [0.25, 0.3) is 10.9 Å². The smallest absolute Gasteiger partial charge is 0.128 e. The van der Waals surface area contributed by atoms with Gasteiger partial charge in [0, 0.05) is 10.9 Å². The lowest BCUT2D eigenvalue weighted by Crippen LogP contribution is -2.15. The lowest BCUT2D eigenvalue weighted by molar-refractivity contribution is 0.442. The number of fused-ring (bicyclic) bond motifs is 1. The van der Waals surface area contributed by atoms with Crippen LogP contribution >= 0.6 is 27.5 Å². The van der Waals surface area contributed by atoms with E-state index in [-0.39, 0.29) is 5.56 Å². The number of nitrogens with one attached hydrogen (secondary N) is 1. The highest BCUT2D eigenvalue weighted by atomic mass is 79.9. The molecule has 2 nitrogen and oxygen atoms in total. The van der Waals surface area contributed by atoms with Gasteiger partial charge in [0.25, 0.3) is 0 Å². The molecule has 6 heteroatoms. The first-order valence-electron chi connectivity index (χ1n) is 6.92. The summed E-state index contributed by atoms with van der Waals surface area (Å²) in [6, 6.07) is 12.6. The zero-order valence-corrected chi connectivity index (χ0v) is 14.2. The Kier molecular flexibility index (Phi) is 4.78. The molecule has 0 aliphatic heterocycles. The number of alkyl halides is 1. The lowest BCUT2D eigenvalue weighted by Gasteiger charge is -2.20. The van der Waals surface area contributed by atoms with Crippen molar-refractivity contribution in [3.63, 3.8) is 0 Å². The van der Waals surface area contributed by atoms with Crippen LogP contribution in [0.15, 0.2) is 53.1 Å². The molecule has 0 amide bonds. The summed E-state index contributed by atoms with van der Waals surface area (Å²) in [7, 11) is 0. The predicted molar refractivity (Wildman–Crippen MR) is 93.2 cm³/mol. The molecule has 23 heavy (non-hydrogen) atoms. The van der Waals surface area contributed by atoms with E-state index in [0.717, 1.165) is 5.39 Å². The Balaban J connectivity index is 2.10. The molecule has 1 aromatic heterocycles. The number of hydrogen-bond donors (Lipinski definition) is 1. The van der Waals surface area contributed by atoms with Gasteiger partial charge in [-0.15, -0.1) is 0 Å². The number of halogens is 4. The minimum Gasteiger partial charge on any atom is -0.374 e. The van der Waals surface area contributed by atoms with Crippen molar-refractivity contribution in [2.45, 2.75) is 6.04 Å². The van der Waals surface area contributed by atoms with E-state index >= 15 is 0 Å². The van der Waals surface area contributed by atoms with Gasteiger partial charge in [0.05, 0.1) is 22.3 Å². The third-order valence-corrected chi connectivity index (χ3v) is 4.72. The summed E-state index contributed by atoms with van der Waals surface area (Å²) in [4.78, 5) is 4.34. The van der Waals surface area contributed by atoms with Gasteiger partial charge in [-0.25, -0.2) is 13.8 Å². The van der Waals surface area contributed by atoms with Crippen LogP contribution in [-0.2, 0) is 0 Å². The van der Waals surface area contributed by atoms with E-state index < -0.39 is 18.5 Å². The number of para-hydroxylation sites is 1. The first-order valence-corrected chi connectivity index (χ1v) is 8.09. The summed E-state index contributed by atoms with van der Waals surface area (Å²) in [6.45, 7) is -0.772. The van der Waals surface area contributed by atoms with Crippen LogP contribution in [0.2, 0.25) is 5.02 Å². The van der Waals surface area contributed by atoms with Crippen molar-refractivity contribution >= 4 is 44.1 Å². The minimum atomic E-state index is -0.841. The maximum Gasteiger partial charge on any atom is 0.128 e. The Bertz CT molecular complexity index is 857. The number of pyridine rings is 1. The molecular formula is C17H12BrClF2N2. The van der Waals surface area contributed by atoms with Gasteiger partial charge in [-0.2, -0.15) is 0 Å². The van der Waals surface area contributed by atoms with E-state index in [4.69, 9.17) is 11.6 Å². The van der Waals surface area contributed by atoms with E-state index in [1.807, 2.05) is 24.3 Å². The molecule has 1 N–H and O–H groups in total. The highest BCUT2D eigenvalue weighted by Gasteiger charge is 2.19. The summed E-state index contributed by atoms with van der Waals surface area (Å²) >= 11 is 9.61. The fourth-order valence-electron chi connectivity index (χ4n) is 2.43. The fraction of sp³-hybridized carbons (Fsp3) is 0.118. The van der Waals surface area contributed by atoms with Gasteiger partial charge in [0.1, 0.15) is 17.1 Å². The van der Waals surface area contributed by atoms with E-state index in [1.54, 1.807) is 18.2 Å². The number of anilines is 1. The number of hydrogen-bond acceptors (Lipinski definition) is 2. The number of benzene rings is 2. The Morgan fingerprint density at radius 2 is 1.83 bits per heavy atom. The molecule has 0 radical (unpaired) electrons. The number of rotatable bonds is 4. The van der Waals surface area contributed by atoms with Crippen molar-refractivity contribution in [2.24, 2.45) is 0 Å². The largest absolute Gasteiger partial charge is 0.374 e. The molecule has 1 unspecified atom stereocenters. The molecule has 0 fully saturated rings. The topological polar surface area (TPSA) is 24.9 Å². The zero-order valence-electron chi connectivity index (χ0n) is 11.9. The van der Waals surface area contributed by atoms with Crippen molar-refractivity contribution in [2.75, 3.05) is 12.0 Å². The number of nitrogens with zero attached hydrogens (tertiary/aromatic N) is 1. The Hall–Kier alpha value is -1.72. The van der Waals surface area contributed by atoms with Crippen LogP contribution in [0.1, 0.15) is 11.6 Å². The van der Waals surface area contributed by atoms with Gasteiger partial charge >= 0.3 is 0 Å². The van der Waals surface area contributed by atoms with E-state index in [0.29, 0.717) is 20.8 Å². The van der Waals surface area contributed by atoms with Crippen LogP contribution in [0.5, 0.6) is 0 Å². The molecule has 1 atom stereocenters. The van der Waals surface area contributed by atoms with E-state index in [2.05, 4.69) is 26.2 Å². The maximum atomic E-state index is 14.0. The zero-order chi connectivity index (χ0) is 16.4. The van der Waals surface area contributed by atoms with Gasteiger partial charge in [0.2, 0.25) is 0 Å². The van der Waals surface area contributed by atoms with Crippen LogP contribution < -0.4 is 5.32 Å². The molecule has 2 aromatic carbocycles. The van der Waals surface area contributed by atoms with E-state index in [1.165, 1.54) is 6.07 Å². The minimum absolute atomic E-state index is 0.253. The Morgan fingerprint density at radius 3 is 2.57 bits per heavy atom. The average Bonchev–Trinajstić information content (AvgIpc) is 2.56. The summed E-state index contributed by atoms with van der Waals surface area (Å²) in [5.41, 5.74) is 1.48. The molecular weight excluding hydrogens is 386 g/mol. The maximum absolute atomic E-state index is 14.0. The molecule has 1 heterocycles. The normalized spacial score (nSPS) is 12.3. The third kappa shape index (κ3) is 3.16. The Morgan fingerprint density at radius 1 is 1.13 bits per heavy atom. The molecule has 0 bridgehead atoms. The molecule has 3 aromatic rings. The highest BCUT2D eigenvalue weighted by molar-refractivity contribution is 9.10. The molecule has 0 spiro atoms. The second-order valence-electron chi connectivity index (χ2n) is 4.98. The van der Waals surface area contributed by atoms with Crippen molar-refractivity contribution in [1.82, 2.24) is 4.98 Å². The first kappa shape index (κ1) is 16.1. The molecule has 0 saturated carbocycles. The summed E-state index contributed by atoms with van der Waals surface area (Å²) in [5.74, 6) is -0.462. The Labute approximate surface area is 145 Å². The van der Waals surface area contributed by atoms with Gasteiger partial charge < -0.3 is 5.32 Å². The van der Waals surface area contributed by atoms with Gasteiger partial charge in [-0.3, -0.25) is 0 Å². The van der Waals surface area contributed by atoms with Crippen molar-refractivity contribution in [3.05, 3.63) is 69.5 Å². The van der Waals surface area contributed by atoms with Crippen molar-refractivity contribution < 1.29 is 8.78 Å². The predicted octanol–water partition coefficient (Wildman–Crippen LogP) is 5.91. The van der Waals surface area contributed by atoms with E-state index in [9.17, 15) is 8.78 Å². The first-order chi connectivity index (χ1) is 11.1. The lowest BCUT2D eigenvalue weighted by atomic mass is 10.1. The van der Waals surface area contributed by atoms with Crippen LogP contribution in [0.4, 0.5) is 14.5 Å². The highest BCUT2D eigenvalue weighted by Crippen LogP contribution is 2.37. The van der Waals surface area contributed by atoms with Gasteiger partial charge in [0.15, 0.2) is 0 Å². The molecule has 118 valence electrons. The van der Waals surface area contributed by atoms with Crippen LogP contribution in [-0.4, -0.2) is 11.7 Å². The SMILES string of the molecule is FCC(Nc1c(Cl)c(Br)nc2ccccc12)c1ccccc1F. The molecule has 0 aliphatic rings. The standard InChI is InChI=1S/C17H12BrClF2N2/c18-17-15(19)16(11-6-2-4-8-13(11)23-17)22-14(9-20)10-5-1-3-7-12(10)21/h1-8,14H,9H2,(H,22,23). The third-order valence-electron chi connectivity index (χ3n) is 3.55. The molecule has 0 saturated heterocycles. The monoisotopic (exact) mass is 396 g/mol. The van der Waals surface area contributed by atoms with Crippen molar-refractivity contribution in [1.29, 1.82) is 0 Å². The molecule has 0 aliphatic carbocycles. The summed E-state index contributed by atoms with van der Waals surface area (Å²) in [6.07, 6.45) is 0. The van der Waals surface area contributed by atoms with Crippen LogP contribution in [0.3, 0.4) is 0 Å². The van der Waals surface area contributed by atoms with Gasteiger partial charge in [-0.1, -0.05) is 48.0 Å². The quantitative estimate of drug-likeness (QED) is 0.553. The van der Waals surface area contributed by atoms with Crippen molar-refractivity contribution in [3.8, 4) is 0 Å². The second-order valence-corrected chi connectivity index (χ2v) is 6.11. The summed E-state index contributed by atoms with van der Waals surface area (Å²) in [5, 5.41) is 4.10. The summed E-state index contributed by atoms with van der Waals surface area (Å²) < 4.78 is 28.0. The fourth-order valence-corrected chi connectivity index (χ4v) is 3.02.